The SMILES string of the molecule is CCc1ccc(C(C)NC(C)(C)C(=O)OC)cc1. The maximum Gasteiger partial charge on any atom is 0.325 e. The van der Waals surface area contributed by atoms with Crippen LogP contribution in [0.1, 0.15) is 44.9 Å². The van der Waals surface area contributed by atoms with Gasteiger partial charge in [-0.2, -0.15) is 0 Å². The van der Waals surface area contributed by atoms with Gasteiger partial charge in [0.1, 0.15) is 5.54 Å². The molecular weight excluding hydrogens is 226 g/mol. The average Bonchev–Trinajstić information content (AvgIpc) is 2.37. The monoisotopic (exact) mass is 249 g/mol. The molecule has 0 aliphatic carbocycles. The van der Waals surface area contributed by atoms with Gasteiger partial charge in [0.05, 0.1) is 7.11 Å². The van der Waals surface area contributed by atoms with Crippen molar-refractivity contribution >= 4 is 5.97 Å². The molecule has 0 aliphatic heterocycles. The topological polar surface area (TPSA) is 38.3 Å². The molecular formula is C15H23NO2. The minimum absolute atomic E-state index is 0.102. The largest absolute Gasteiger partial charge is 0.468 e. The molecule has 0 saturated heterocycles. The number of aryl methyl sites for hydroxylation is 1. The second-order valence-corrected chi connectivity index (χ2v) is 5.08. The highest BCUT2D eigenvalue weighted by atomic mass is 16.5. The minimum atomic E-state index is -0.683. The molecule has 0 radical (unpaired) electrons. The van der Waals surface area contributed by atoms with Crippen molar-refractivity contribution in [2.45, 2.75) is 45.7 Å². The Labute approximate surface area is 110 Å². The predicted molar refractivity (Wildman–Crippen MR) is 73.5 cm³/mol. The first-order chi connectivity index (χ1) is 8.40. The normalized spacial score (nSPS) is 13.2. The summed E-state index contributed by atoms with van der Waals surface area (Å²) in [6, 6.07) is 8.55. The third kappa shape index (κ3) is 3.57. The van der Waals surface area contributed by atoms with Gasteiger partial charge in [0, 0.05) is 6.04 Å². The first-order valence-electron chi connectivity index (χ1n) is 6.35. The highest BCUT2D eigenvalue weighted by Crippen LogP contribution is 2.18. The highest BCUT2D eigenvalue weighted by molar-refractivity contribution is 5.79. The van der Waals surface area contributed by atoms with Crippen LogP contribution in [0.2, 0.25) is 0 Å². The van der Waals surface area contributed by atoms with E-state index in [0.717, 1.165) is 6.42 Å². The Morgan fingerprint density at radius 1 is 1.33 bits per heavy atom. The lowest BCUT2D eigenvalue weighted by molar-refractivity contribution is -0.147. The summed E-state index contributed by atoms with van der Waals surface area (Å²) in [6.07, 6.45) is 1.04. The molecule has 0 fully saturated rings. The maximum absolute atomic E-state index is 11.6. The fraction of sp³-hybridized carbons (Fsp3) is 0.533. The van der Waals surface area contributed by atoms with E-state index in [1.54, 1.807) is 0 Å². The Morgan fingerprint density at radius 3 is 2.33 bits per heavy atom. The second kappa shape index (κ2) is 6.01. The van der Waals surface area contributed by atoms with Gasteiger partial charge in [0.25, 0.3) is 0 Å². The molecule has 0 aliphatic rings. The summed E-state index contributed by atoms with van der Waals surface area (Å²) >= 11 is 0. The molecule has 3 nitrogen and oxygen atoms in total. The van der Waals surface area contributed by atoms with Gasteiger partial charge in [-0.25, -0.2) is 0 Å². The fourth-order valence-corrected chi connectivity index (χ4v) is 1.98. The van der Waals surface area contributed by atoms with Crippen molar-refractivity contribution in [3.05, 3.63) is 35.4 Å². The van der Waals surface area contributed by atoms with Gasteiger partial charge in [-0.05, 0) is 38.3 Å². The van der Waals surface area contributed by atoms with Gasteiger partial charge in [-0.1, -0.05) is 31.2 Å². The first kappa shape index (κ1) is 14.7. The van der Waals surface area contributed by atoms with Gasteiger partial charge in [0.15, 0.2) is 0 Å². The molecule has 1 aromatic rings. The molecule has 0 spiro atoms. The number of nitrogens with one attached hydrogen (secondary N) is 1. The van der Waals surface area contributed by atoms with E-state index < -0.39 is 5.54 Å². The van der Waals surface area contributed by atoms with Crippen LogP contribution in [-0.2, 0) is 16.0 Å². The lowest BCUT2D eigenvalue weighted by Gasteiger charge is -2.27. The number of esters is 1. The Balaban J connectivity index is 2.75. The van der Waals surface area contributed by atoms with Crippen LogP contribution in [0.25, 0.3) is 0 Å². The van der Waals surface area contributed by atoms with Crippen LogP contribution < -0.4 is 5.32 Å². The molecule has 0 bridgehead atoms. The molecule has 3 heteroatoms. The number of benzene rings is 1. The van der Waals surface area contributed by atoms with Crippen LogP contribution in [-0.4, -0.2) is 18.6 Å². The van der Waals surface area contributed by atoms with Crippen LogP contribution >= 0.6 is 0 Å². The lowest BCUT2D eigenvalue weighted by Crippen LogP contribution is -2.48. The number of carbonyl (C=O) groups is 1. The summed E-state index contributed by atoms with van der Waals surface area (Å²) in [4.78, 5) is 11.6. The van der Waals surface area contributed by atoms with Gasteiger partial charge >= 0.3 is 5.97 Å². The van der Waals surface area contributed by atoms with Gasteiger partial charge in [0.2, 0.25) is 0 Å². The third-order valence-corrected chi connectivity index (χ3v) is 3.16. The van der Waals surface area contributed by atoms with Crippen molar-refractivity contribution in [2.75, 3.05) is 7.11 Å². The van der Waals surface area contributed by atoms with Crippen molar-refractivity contribution < 1.29 is 9.53 Å². The van der Waals surface area contributed by atoms with Crippen molar-refractivity contribution in [2.24, 2.45) is 0 Å². The molecule has 1 unspecified atom stereocenters. The quantitative estimate of drug-likeness (QED) is 0.815. The van der Waals surface area contributed by atoms with Crippen LogP contribution in [0, 0.1) is 0 Å². The number of hydrogen-bond acceptors (Lipinski definition) is 3. The van der Waals surface area contributed by atoms with Crippen LogP contribution in [0.5, 0.6) is 0 Å². The van der Waals surface area contributed by atoms with Gasteiger partial charge < -0.3 is 4.74 Å². The Hall–Kier alpha value is -1.35. The summed E-state index contributed by atoms with van der Waals surface area (Å²) in [5.74, 6) is -0.250. The van der Waals surface area contributed by atoms with Gasteiger partial charge in [-0.3, -0.25) is 10.1 Å². The highest BCUT2D eigenvalue weighted by Gasteiger charge is 2.30. The zero-order chi connectivity index (χ0) is 13.8. The number of ether oxygens (including phenoxy) is 1. The molecule has 0 saturated carbocycles. The summed E-state index contributed by atoms with van der Waals surface area (Å²) < 4.78 is 4.79. The van der Waals surface area contributed by atoms with Crippen molar-refractivity contribution in [3.8, 4) is 0 Å². The van der Waals surface area contributed by atoms with Crippen LogP contribution in [0.3, 0.4) is 0 Å². The number of rotatable bonds is 5. The molecule has 0 heterocycles. The maximum atomic E-state index is 11.6. The Kier molecular flexibility index (Phi) is 4.91. The standard InChI is InChI=1S/C15H23NO2/c1-6-12-7-9-13(10-8-12)11(2)16-15(3,4)14(17)18-5/h7-11,16H,6H2,1-5H3. The zero-order valence-electron chi connectivity index (χ0n) is 11.9. The summed E-state index contributed by atoms with van der Waals surface area (Å²) in [5.41, 5.74) is 1.81. The smallest absolute Gasteiger partial charge is 0.325 e. The van der Waals surface area contributed by atoms with Crippen molar-refractivity contribution in [1.82, 2.24) is 5.32 Å². The van der Waals surface area contributed by atoms with E-state index >= 15 is 0 Å². The second-order valence-electron chi connectivity index (χ2n) is 5.08. The van der Waals surface area contributed by atoms with Crippen LogP contribution in [0.4, 0.5) is 0 Å². The predicted octanol–water partition coefficient (Wildman–Crippen LogP) is 2.85. The van der Waals surface area contributed by atoms with E-state index in [9.17, 15) is 4.79 Å². The molecule has 0 aromatic heterocycles. The fourth-order valence-electron chi connectivity index (χ4n) is 1.98. The molecule has 1 rings (SSSR count). The number of hydrogen-bond donors (Lipinski definition) is 1. The third-order valence-electron chi connectivity index (χ3n) is 3.16. The van der Waals surface area contributed by atoms with Gasteiger partial charge in [-0.15, -0.1) is 0 Å². The first-order valence-corrected chi connectivity index (χ1v) is 6.35. The Bertz CT molecular complexity index is 395. The summed E-state index contributed by atoms with van der Waals surface area (Å²) in [5, 5.41) is 3.29. The number of methoxy groups -OCH3 is 1. The van der Waals surface area contributed by atoms with Crippen molar-refractivity contribution in [1.29, 1.82) is 0 Å². The molecule has 100 valence electrons. The minimum Gasteiger partial charge on any atom is -0.468 e. The molecule has 1 aromatic carbocycles. The van der Waals surface area contributed by atoms with E-state index in [4.69, 9.17) is 4.74 Å². The Morgan fingerprint density at radius 2 is 1.89 bits per heavy atom. The number of carbonyl (C=O) groups excluding carboxylic acids is 1. The van der Waals surface area contributed by atoms with E-state index in [2.05, 4.69) is 36.5 Å². The lowest BCUT2D eigenvalue weighted by atomic mass is 10.00. The summed E-state index contributed by atoms with van der Waals surface area (Å²) in [7, 11) is 1.41. The zero-order valence-corrected chi connectivity index (χ0v) is 11.9. The average molecular weight is 249 g/mol. The van der Waals surface area contributed by atoms with E-state index in [-0.39, 0.29) is 12.0 Å². The van der Waals surface area contributed by atoms with Crippen LogP contribution in [0.15, 0.2) is 24.3 Å². The molecule has 0 amide bonds. The van der Waals surface area contributed by atoms with E-state index in [1.807, 2.05) is 20.8 Å². The molecule has 1 atom stereocenters. The van der Waals surface area contributed by atoms with E-state index in [1.165, 1.54) is 18.2 Å². The van der Waals surface area contributed by atoms with E-state index in [0.29, 0.717) is 0 Å². The molecule has 1 N–H and O–H groups in total. The van der Waals surface area contributed by atoms with Crippen molar-refractivity contribution in [3.63, 3.8) is 0 Å². The molecule has 18 heavy (non-hydrogen) atoms. The summed E-state index contributed by atoms with van der Waals surface area (Å²) in [6.45, 7) is 7.84.